The molecule has 0 spiro atoms. The maximum absolute atomic E-state index is 12.6. The van der Waals surface area contributed by atoms with Gasteiger partial charge in [-0.2, -0.15) is 0 Å². The summed E-state index contributed by atoms with van der Waals surface area (Å²) >= 11 is 0. The summed E-state index contributed by atoms with van der Waals surface area (Å²) in [6.45, 7) is 2.59. The third-order valence-electron chi connectivity index (χ3n) is 2.24. The molecule has 0 aliphatic heterocycles. The molecule has 1 N–H and O–H groups in total. The Morgan fingerprint density at radius 2 is 2.06 bits per heavy atom. The molecule has 16 heavy (non-hydrogen) atoms. The van der Waals surface area contributed by atoms with Crippen LogP contribution in [0.3, 0.4) is 0 Å². The molecule has 0 aliphatic rings. The van der Waals surface area contributed by atoms with E-state index in [4.69, 9.17) is 4.42 Å². The number of aromatic nitrogens is 1. The van der Waals surface area contributed by atoms with Gasteiger partial charge in [0, 0.05) is 6.42 Å². The minimum Gasteiger partial charge on any atom is -0.464 e. The standard InChI is InChI=1S/C12H13FN2O/c1-2-10-4-5-11(16-10)8-15-12-6-3-9(13)7-14-12/h3-7H,2,8H2,1H3,(H,14,15). The van der Waals surface area contributed by atoms with E-state index in [9.17, 15) is 4.39 Å². The molecule has 2 aromatic rings. The summed E-state index contributed by atoms with van der Waals surface area (Å²) in [7, 11) is 0. The molecule has 2 rings (SSSR count). The third-order valence-corrected chi connectivity index (χ3v) is 2.24. The lowest BCUT2D eigenvalue weighted by Gasteiger charge is -2.02. The van der Waals surface area contributed by atoms with Crippen molar-refractivity contribution in [3.05, 3.63) is 47.8 Å². The van der Waals surface area contributed by atoms with Gasteiger partial charge in [-0.3, -0.25) is 0 Å². The largest absolute Gasteiger partial charge is 0.464 e. The van der Waals surface area contributed by atoms with Crippen LogP contribution in [-0.2, 0) is 13.0 Å². The molecule has 0 radical (unpaired) electrons. The van der Waals surface area contributed by atoms with Gasteiger partial charge in [-0.1, -0.05) is 6.92 Å². The Morgan fingerprint density at radius 3 is 2.69 bits per heavy atom. The molecule has 3 nitrogen and oxygen atoms in total. The fourth-order valence-corrected chi connectivity index (χ4v) is 1.37. The topological polar surface area (TPSA) is 38.1 Å². The van der Waals surface area contributed by atoms with Crippen LogP contribution in [-0.4, -0.2) is 4.98 Å². The number of furan rings is 1. The van der Waals surface area contributed by atoms with E-state index < -0.39 is 0 Å². The number of nitrogens with zero attached hydrogens (tertiary/aromatic N) is 1. The van der Waals surface area contributed by atoms with Crippen LogP contribution in [0.15, 0.2) is 34.9 Å². The predicted octanol–water partition coefficient (Wildman–Crippen LogP) is 2.99. The maximum Gasteiger partial charge on any atom is 0.141 e. The number of hydrogen-bond acceptors (Lipinski definition) is 3. The fourth-order valence-electron chi connectivity index (χ4n) is 1.37. The van der Waals surface area contributed by atoms with Crippen LogP contribution in [0.2, 0.25) is 0 Å². The Balaban J connectivity index is 1.94. The fraction of sp³-hybridized carbons (Fsp3) is 0.250. The zero-order chi connectivity index (χ0) is 11.4. The van der Waals surface area contributed by atoms with Gasteiger partial charge in [-0.05, 0) is 24.3 Å². The van der Waals surface area contributed by atoms with E-state index in [1.165, 1.54) is 12.3 Å². The normalized spacial score (nSPS) is 10.4. The average Bonchev–Trinajstić information content (AvgIpc) is 2.76. The molecule has 0 aliphatic carbocycles. The molecular formula is C12H13FN2O. The van der Waals surface area contributed by atoms with Crippen LogP contribution in [0.4, 0.5) is 10.2 Å². The molecule has 0 unspecified atom stereocenters. The van der Waals surface area contributed by atoms with Crippen molar-refractivity contribution in [3.8, 4) is 0 Å². The summed E-state index contributed by atoms with van der Waals surface area (Å²) in [5, 5.41) is 3.05. The number of hydrogen-bond donors (Lipinski definition) is 1. The van der Waals surface area contributed by atoms with Crippen molar-refractivity contribution in [1.82, 2.24) is 4.98 Å². The van der Waals surface area contributed by atoms with E-state index in [0.29, 0.717) is 12.4 Å². The van der Waals surface area contributed by atoms with Crippen molar-refractivity contribution in [1.29, 1.82) is 0 Å². The lowest BCUT2D eigenvalue weighted by molar-refractivity contribution is 0.476. The molecule has 4 heteroatoms. The molecule has 0 fully saturated rings. The Kier molecular flexibility index (Phi) is 3.19. The van der Waals surface area contributed by atoms with Crippen LogP contribution in [0.25, 0.3) is 0 Å². The second kappa shape index (κ2) is 4.79. The number of rotatable bonds is 4. The van der Waals surface area contributed by atoms with E-state index in [2.05, 4.69) is 10.3 Å². The van der Waals surface area contributed by atoms with Gasteiger partial charge in [0.05, 0.1) is 12.7 Å². The second-order valence-electron chi connectivity index (χ2n) is 3.44. The molecule has 2 heterocycles. The molecule has 0 amide bonds. The first-order valence-corrected chi connectivity index (χ1v) is 5.21. The summed E-state index contributed by atoms with van der Waals surface area (Å²) in [6.07, 6.45) is 2.07. The van der Waals surface area contributed by atoms with Gasteiger partial charge in [0.1, 0.15) is 23.2 Å². The highest BCUT2D eigenvalue weighted by Crippen LogP contribution is 2.11. The van der Waals surface area contributed by atoms with Gasteiger partial charge in [-0.15, -0.1) is 0 Å². The SMILES string of the molecule is CCc1ccc(CNc2ccc(F)cn2)o1. The van der Waals surface area contributed by atoms with Gasteiger partial charge in [0.2, 0.25) is 0 Å². The van der Waals surface area contributed by atoms with Crippen LogP contribution in [0, 0.1) is 5.82 Å². The molecule has 0 aromatic carbocycles. The molecular weight excluding hydrogens is 207 g/mol. The number of halogens is 1. The Hall–Kier alpha value is -1.84. The lowest BCUT2D eigenvalue weighted by Crippen LogP contribution is -2.00. The minimum absolute atomic E-state index is 0.336. The smallest absolute Gasteiger partial charge is 0.141 e. The van der Waals surface area contributed by atoms with Crippen molar-refractivity contribution in [2.45, 2.75) is 19.9 Å². The summed E-state index contributed by atoms with van der Waals surface area (Å²) in [5.41, 5.74) is 0. The van der Waals surface area contributed by atoms with Gasteiger partial charge in [0.25, 0.3) is 0 Å². The summed E-state index contributed by atoms with van der Waals surface area (Å²) in [6, 6.07) is 6.85. The number of aryl methyl sites for hydroxylation is 1. The zero-order valence-electron chi connectivity index (χ0n) is 9.03. The molecule has 2 aromatic heterocycles. The molecule has 0 atom stereocenters. The third kappa shape index (κ3) is 2.59. The van der Waals surface area contributed by atoms with Crippen molar-refractivity contribution in [3.63, 3.8) is 0 Å². The van der Waals surface area contributed by atoms with E-state index in [1.807, 2.05) is 19.1 Å². The summed E-state index contributed by atoms with van der Waals surface area (Å²) < 4.78 is 18.1. The Labute approximate surface area is 93.3 Å². The predicted molar refractivity (Wildman–Crippen MR) is 59.6 cm³/mol. The first-order valence-electron chi connectivity index (χ1n) is 5.21. The van der Waals surface area contributed by atoms with Crippen molar-refractivity contribution in [2.24, 2.45) is 0 Å². The van der Waals surface area contributed by atoms with Crippen molar-refractivity contribution < 1.29 is 8.81 Å². The Morgan fingerprint density at radius 1 is 1.25 bits per heavy atom. The lowest BCUT2D eigenvalue weighted by atomic mass is 10.3. The molecule has 84 valence electrons. The highest BCUT2D eigenvalue weighted by molar-refractivity contribution is 5.33. The number of pyridine rings is 1. The van der Waals surface area contributed by atoms with E-state index >= 15 is 0 Å². The highest BCUT2D eigenvalue weighted by Gasteiger charge is 2.00. The van der Waals surface area contributed by atoms with Gasteiger partial charge in [0.15, 0.2) is 0 Å². The highest BCUT2D eigenvalue weighted by atomic mass is 19.1. The molecule has 0 saturated heterocycles. The first-order chi connectivity index (χ1) is 7.78. The number of anilines is 1. The molecule has 0 bridgehead atoms. The van der Waals surface area contributed by atoms with Crippen LogP contribution in [0.1, 0.15) is 18.4 Å². The van der Waals surface area contributed by atoms with Crippen LogP contribution < -0.4 is 5.32 Å². The van der Waals surface area contributed by atoms with E-state index in [0.717, 1.165) is 17.9 Å². The zero-order valence-corrected chi connectivity index (χ0v) is 9.03. The Bertz CT molecular complexity index is 450. The van der Waals surface area contributed by atoms with Gasteiger partial charge >= 0.3 is 0 Å². The van der Waals surface area contributed by atoms with Crippen LogP contribution in [0.5, 0.6) is 0 Å². The summed E-state index contributed by atoms with van der Waals surface area (Å²) in [5.74, 6) is 2.11. The quantitative estimate of drug-likeness (QED) is 0.860. The van der Waals surface area contributed by atoms with E-state index in [-0.39, 0.29) is 5.82 Å². The first kappa shape index (κ1) is 10.7. The minimum atomic E-state index is -0.336. The average molecular weight is 220 g/mol. The molecule has 0 saturated carbocycles. The van der Waals surface area contributed by atoms with Gasteiger partial charge < -0.3 is 9.73 Å². The van der Waals surface area contributed by atoms with E-state index in [1.54, 1.807) is 6.07 Å². The van der Waals surface area contributed by atoms with Crippen molar-refractivity contribution >= 4 is 5.82 Å². The maximum atomic E-state index is 12.6. The van der Waals surface area contributed by atoms with Crippen LogP contribution >= 0.6 is 0 Å². The second-order valence-corrected chi connectivity index (χ2v) is 3.44. The number of nitrogens with one attached hydrogen (secondary N) is 1. The van der Waals surface area contributed by atoms with Gasteiger partial charge in [-0.25, -0.2) is 9.37 Å². The monoisotopic (exact) mass is 220 g/mol. The van der Waals surface area contributed by atoms with Crippen molar-refractivity contribution in [2.75, 3.05) is 5.32 Å². The summed E-state index contributed by atoms with van der Waals surface area (Å²) in [4.78, 5) is 3.89.